The molecule has 2 aromatic rings. The first kappa shape index (κ1) is 21.5. The summed E-state index contributed by atoms with van der Waals surface area (Å²) in [5.74, 6) is -3.10. The first-order valence-corrected chi connectivity index (χ1v) is 10.5. The molecule has 0 aliphatic carbocycles. The molecule has 1 atom stereocenters. The molecule has 2 aliphatic heterocycles. The van der Waals surface area contributed by atoms with Crippen molar-refractivity contribution in [2.75, 3.05) is 22.9 Å². The molecular formula is C24H24FN3O4. The molecule has 3 N–H and O–H groups in total. The maximum absolute atomic E-state index is 13.3. The van der Waals surface area contributed by atoms with Gasteiger partial charge in [0, 0.05) is 37.2 Å². The molecule has 32 heavy (non-hydrogen) atoms. The number of hydrogen-bond acceptors (Lipinski definition) is 4. The molecule has 0 spiro atoms. The third kappa shape index (κ3) is 3.95. The smallest absolute Gasteiger partial charge is 0.333 e. The van der Waals surface area contributed by atoms with Crippen molar-refractivity contribution >= 4 is 29.2 Å². The number of amides is 2. The van der Waals surface area contributed by atoms with E-state index in [4.69, 9.17) is 5.73 Å². The number of hydrogen-bond donors (Lipinski definition) is 2. The quantitative estimate of drug-likeness (QED) is 0.747. The Labute approximate surface area is 184 Å². The van der Waals surface area contributed by atoms with Crippen LogP contribution in [-0.4, -0.2) is 36.0 Å². The minimum atomic E-state index is -1.15. The van der Waals surface area contributed by atoms with E-state index in [0.717, 1.165) is 25.9 Å². The Balaban J connectivity index is 1.83. The third-order valence-electron chi connectivity index (χ3n) is 6.10. The molecule has 4 rings (SSSR count). The number of rotatable bonds is 5. The van der Waals surface area contributed by atoms with E-state index >= 15 is 0 Å². The molecule has 0 aromatic heterocycles. The highest BCUT2D eigenvalue weighted by Crippen LogP contribution is 2.40. The number of anilines is 2. The topological polar surface area (TPSA) is 104 Å². The standard InChI is InChI=1S/C24H24FN3O4/c1-14-10-21(20(11-17(14)23(26)30)27-8-2-3-9-27)28-13-19(24(31)32)18(12-22(28)29)15-4-6-16(25)7-5-15/h4-7,10-11,13,18H,2-3,8-9,12H2,1H3,(H2,26,30)(H,31,32)/t18-/m0/s1. The second-order valence-corrected chi connectivity index (χ2v) is 8.18. The Morgan fingerprint density at radius 2 is 1.75 bits per heavy atom. The van der Waals surface area contributed by atoms with Crippen molar-refractivity contribution in [3.8, 4) is 0 Å². The van der Waals surface area contributed by atoms with Gasteiger partial charge in [-0.1, -0.05) is 12.1 Å². The summed E-state index contributed by atoms with van der Waals surface area (Å²) in [6.45, 7) is 3.27. The summed E-state index contributed by atoms with van der Waals surface area (Å²) in [6, 6.07) is 8.90. The highest BCUT2D eigenvalue weighted by Gasteiger charge is 2.35. The third-order valence-corrected chi connectivity index (χ3v) is 6.10. The molecule has 0 bridgehead atoms. The number of carbonyl (C=O) groups is 3. The summed E-state index contributed by atoms with van der Waals surface area (Å²) in [6.07, 6.45) is 3.24. The number of carboxylic acids is 1. The van der Waals surface area contributed by atoms with Crippen molar-refractivity contribution in [3.63, 3.8) is 0 Å². The lowest BCUT2D eigenvalue weighted by molar-refractivity contribution is -0.133. The van der Waals surface area contributed by atoms with Gasteiger partial charge in [0.1, 0.15) is 5.82 Å². The van der Waals surface area contributed by atoms with Gasteiger partial charge < -0.3 is 15.7 Å². The van der Waals surface area contributed by atoms with Gasteiger partial charge in [-0.15, -0.1) is 0 Å². The van der Waals surface area contributed by atoms with Gasteiger partial charge in [0.05, 0.1) is 16.9 Å². The van der Waals surface area contributed by atoms with Crippen LogP contribution in [0.5, 0.6) is 0 Å². The highest BCUT2D eigenvalue weighted by molar-refractivity contribution is 6.05. The van der Waals surface area contributed by atoms with Crippen LogP contribution in [0, 0.1) is 12.7 Å². The summed E-state index contributed by atoms with van der Waals surface area (Å²) >= 11 is 0. The van der Waals surface area contributed by atoms with Gasteiger partial charge in [-0.25, -0.2) is 9.18 Å². The number of carboxylic acid groups (broad SMARTS) is 1. The molecule has 0 radical (unpaired) electrons. The average Bonchev–Trinajstić information content (AvgIpc) is 3.28. The summed E-state index contributed by atoms with van der Waals surface area (Å²) in [4.78, 5) is 40.7. The van der Waals surface area contributed by atoms with Crippen LogP contribution in [0.1, 0.15) is 46.7 Å². The van der Waals surface area contributed by atoms with Crippen LogP contribution in [0.2, 0.25) is 0 Å². The second kappa shape index (κ2) is 8.45. The summed E-state index contributed by atoms with van der Waals surface area (Å²) in [5, 5.41) is 9.88. The van der Waals surface area contributed by atoms with Gasteiger partial charge in [-0.05, 0) is 55.2 Å². The Kier molecular flexibility index (Phi) is 5.69. The maximum atomic E-state index is 13.3. The van der Waals surface area contributed by atoms with Gasteiger partial charge in [-0.2, -0.15) is 0 Å². The summed E-state index contributed by atoms with van der Waals surface area (Å²) < 4.78 is 13.3. The van der Waals surface area contributed by atoms with Gasteiger partial charge >= 0.3 is 5.97 Å². The van der Waals surface area contributed by atoms with Crippen LogP contribution in [0.25, 0.3) is 0 Å². The maximum Gasteiger partial charge on any atom is 0.333 e. The number of benzene rings is 2. The first-order valence-electron chi connectivity index (χ1n) is 10.5. The Morgan fingerprint density at radius 1 is 1.09 bits per heavy atom. The Hall–Kier alpha value is -3.68. The van der Waals surface area contributed by atoms with E-state index in [1.165, 1.54) is 35.4 Å². The van der Waals surface area contributed by atoms with Crippen LogP contribution >= 0.6 is 0 Å². The van der Waals surface area contributed by atoms with Crippen molar-refractivity contribution in [3.05, 3.63) is 70.7 Å². The number of aliphatic carboxylic acids is 1. The lowest BCUT2D eigenvalue weighted by Crippen LogP contribution is -2.35. The summed E-state index contributed by atoms with van der Waals surface area (Å²) in [5.41, 5.74) is 8.32. The minimum Gasteiger partial charge on any atom is -0.478 e. The zero-order valence-electron chi connectivity index (χ0n) is 17.7. The van der Waals surface area contributed by atoms with E-state index in [1.54, 1.807) is 19.1 Å². The average molecular weight is 437 g/mol. The van der Waals surface area contributed by atoms with Crippen molar-refractivity contribution in [1.29, 1.82) is 0 Å². The molecule has 2 aromatic carbocycles. The molecular weight excluding hydrogens is 413 g/mol. The van der Waals surface area contributed by atoms with Crippen LogP contribution in [-0.2, 0) is 9.59 Å². The number of carbonyl (C=O) groups excluding carboxylic acids is 2. The van der Waals surface area contributed by atoms with E-state index < -0.39 is 23.6 Å². The monoisotopic (exact) mass is 437 g/mol. The number of nitrogens with zero attached hydrogens (tertiary/aromatic N) is 2. The molecule has 7 nitrogen and oxygen atoms in total. The molecule has 1 fully saturated rings. The second-order valence-electron chi connectivity index (χ2n) is 8.18. The minimum absolute atomic E-state index is 0.0419. The molecule has 0 unspecified atom stereocenters. The number of primary amides is 1. The predicted molar refractivity (Wildman–Crippen MR) is 118 cm³/mol. The van der Waals surface area contributed by atoms with Gasteiger partial charge in [-0.3, -0.25) is 14.5 Å². The molecule has 2 amide bonds. The molecule has 1 saturated heterocycles. The number of aryl methyl sites for hydroxylation is 1. The van der Waals surface area contributed by atoms with Crippen LogP contribution in [0.15, 0.2) is 48.2 Å². The molecule has 2 aliphatic rings. The fraction of sp³-hybridized carbons (Fsp3) is 0.292. The van der Waals surface area contributed by atoms with Gasteiger partial charge in [0.25, 0.3) is 0 Å². The molecule has 166 valence electrons. The fourth-order valence-corrected chi connectivity index (χ4v) is 4.44. The first-order chi connectivity index (χ1) is 15.3. The largest absolute Gasteiger partial charge is 0.478 e. The Bertz CT molecular complexity index is 1120. The zero-order valence-corrected chi connectivity index (χ0v) is 17.7. The lowest BCUT2D eigenvalue weighted by atomic mass is 9.85. The van der Waals surface area contributed by atoms with E-state index in [0.29, 0.717) is 28.1 Å². The van der Waals surface area contributed by atoms with Crippen molar-refractivity contribution in [1.82, 2.24) is 0 Å². The van der Waals surface area contributed by atoms with E-state index in [2.05, 4.69) is 4.90 Å². The van der Waals surface area contributed by atoms with E-state index in [-0.39, 0.29) is 17.9 Å². The van der Waals surface area contributed by atoms with Crippen molar-refractivity contribution in [2.24, 2.45) is 5.73 Å². The highest BCUT2D eigenvalue weighted by atomic mass is 19.1. The van der Waals surface area contributed by atoms with Crippen molar-refractivity contribution in [2.45, 2.75) is 32.1 Å². The van der Waals surface area contributed by atoms with Crippen molar-refractivity contribution < 1.29 is 23.9 Å². The molecule has 2 heterocycles. The van der Waals surface area contributed by atoms with E-state index in [1.807, 2.05) is 0 Å². The zero-order chi connectivity index (χ0) is 23.0. The van der Waals surface area contributed by atoms with E-state index in [9.17, 15) is 23.9 Å². The lowest BCUT2D eigenvalue weighted by Gasteiger charge is -2.33. The SMILES string of the molecule is Cc1cc(N2C=C(C(=O)O)[C@H](c3ccc(F)cc3)CC2=O)c(N2CCCC2)cc1C(N)=O. The van der Waals surface area contributed by atoms with Crippen LogP contribution in [0.3, 0.4) is 0 Å². The predicted octanol–water partition coefficient (Wildman–Crippen LogP) is 3.32. The Morgan fingerprint density at radius 3 is 2.34 bits per heavy atom. The summed E-state index contributed by atoms with van der Waals surface area (Å²) in [7, 11) is 0. The molecule has 0 saturated carbocycles. The van der Waals surface area contributed by atoms with Crippen LogP contribution in [0.4, 0.5) is 15.8 Å². The van der Waals surface area contributed by atoms with Gasteiger partial charge in [0.2, 0.25) is 11.8 Å². The van der Waals surface area contributed by atoms with Gasteiger partial charge in [0.15, 0.2) is 0 Å². The van der Waals surface area contributed by atoms with Crippen LogP contribution < -0.4 is 15.5 Å². The number of halogens is 1. The normalized spacial score (nSPS) is 18.6. The molecule has 8 heteroatoms. The number of nitrogens with two attached hydrogens (primary N) is 1. The fourth-order valence-electron chi connectivity index (χ4n) is 4.44.